The first-order chi connectivity index (χ1) is 11.7. The minimum Gasteiger partial charge on any atom is -0.458 e. The van der Waals surface area contributed by atoms with Crippen LogP contribution in [0.25, 0.3) is 0 Å². The molecule has 2 aromatic rings. The summed E-state index contributed by atoms with van der Waals surface area (Å²) in [4.78, 5) is 22.1. The van der Waals surface area contributed by atoms with Crippen molar-refractivity contribution in [1.82, 2.24) is 14.9 Å². The number of likely N-dealkylation sites (tertiary alicyclic amines) is 1. The molecule has 3 rings (SSSR count). The number of hydrogen-bond acceptors (Lipinski definition) is 5. The van der Waals surface area contributed by atoms with Crippen LogP contribution in [0.4, 0.5) is 4.79 Å². The number of rotatable bonds is 4. The zero-order valence-electron chi connectivity index (χ0n) is 13.1. The van der Waals surface area contributed by atoms with Gasteiger partial charge in [0.1, 0.15) is 12.7 Å². The fraction of sp³-hybridized carbons (Fsp3) is 0.353. The van der Waals surface area contributed by atoms with Crippen molar-refractivity contribution >= 4 is 22.0 Å². The fourth-order valence-electron chi connectivity index (χ4n) is 2.52. The lowest BCUT2D eigenvalue weighted by Crippen LogP contribution is -2.44. The molecule has 1 aliphatic rings. The van der Waals surface area contributed by atoms with Gasteiger partial charge in [-0.1, -0.05) is 30.3 Å². The van der Waals surface area contributed by atoms with E-state index >= 15 is 0 Å². The van der Waals surface area contributed by atoms with Crippen LogP contribution in [-0.4, -0.2) is 40.2 Å². The average molecular weight is 392 g/mol. The summed E-state index contributed by atoms with van der Waals surface area (Å²) in [7, 11) is 0. The molecule has 1 fully saturated rings. The Morgan fingerprint density at radius 2 is 2.00 bits per heavy atom. The molecule has 0 saturated carbocycles. The summed E-state index contributed by atoms with van der Waals surface area (Å²) in [5.74, 6) is 0. The van der Waals surface area contributed by atoms with Crippen LogP contribution in [0.2, 0.25) is 0 Å². The number of hydrogen-bond donors (Lipinski definition) is 0. The van der Waals surface area contributed by atoms with Crippen molar-refractivity contribution in [3.8, 4) is 6.01 Å². The predicted molar refractivity (Wildman–Crippen MR) is 91.6 cm³/mol. The van der Waals surface area contributed by atoms with Crippen molar-refractivity contribution in [2.24, 2.45) is 0 Å². The number of ether oxygens (including phenoxy) is 2. The van der Waals surface area contributed by atoms with Crippen LogP contribution in [0.5, 0.6) is 6.01 Å². The molecule has 1 saturated heterocycles. The van der Waals surface area contributed by atoms with Gasteiger partial charge in [-0.3, -0.25) is 0 Å². The molecule has 1 atom stereocenters. The maximum atomic E-state index is 12.2. The third kappa shape index (κ3) is 4.67. The van der Waals surface area contributed by atoms with Crippen molar-refractivity contribution in [1.29, 1.82) is 0 Å². The van der Waals surface area contributed by atoms with Crippen molar-refractivity contribution in [2.75, 3.05) is 13.1 Å². The lowest BCUT2D eigenvalue weighted by molar-refractivity contribution is 0.0519. The van der Waals surface area contributed by atoms with Crippen molar-refractivity contribution in [3.05, 3.63) is 52.8 Å². The van der Waals surface area contributed by atoms with E-state index in [9.17, 15) is 4.79 Å². The first-order valence-corrected chi connectivity index (χ1v) is 8.60. The molecule has 24 heavy (non-hydrogen) atoms. The van der Waals surface area contributed by atoms with Gasteiger partial charge in [0, 0.05) is 18.9 Å². The number of carbonyl (C=O) groups excluding carboxylic acids is 1. The van der Waals surface area contributed by atoms with Gasteiger partial charge in [-0.05, 0) is 34.3 Å². The van der Waals surface area contributed by atoms with Crippen LogP contribution >= 0.6 is 15.9 Å². The quantitative estimate of drug-likeness (QED) is 0.798. The summed E-state index contributed by atoms with van der Waals surface area (Å²) in [6.45, 7) is 1.43. The normalized spacial score (nSPS) is 17.4. The topological polar surface area (TPSA) is 64.5 Å². The molecule has 7 heteroatoms. The summed E-state index contributed by atoms with van der Waals surface area (Å²) < 4.78 is 11.9. The van der Waals surface area contributed by atoms with Crippen molar-refractivity contribution in [2.45, 2.75) is 25.6 Å². The highest BCUT2D eigenvalue weighted by Gasteiger charge is 2.26. The number of halogens is 1. The zero-order chi connectivity index (χ0) is 16.8. The Balaban J connectivity index is 1.51. The number of piperidine rings is 1. The molecular weight excluding hydrogens is 374 g/mol. The monoisotopic (exact) mass is 391 g/mol. The highest BCUT2D eigenvalue weighted by molar-refractivity contribution is 9.10. The van der Waals surface area contributed by atoms with Crippen molar-refractivity contribution in [3.63, 3.8) is 0 Å². The van der Waals surface area contributed by atoms with E-state index in [1.165, 1.54) is 0 Å². The number of nitrogens with zero attached hydrogens (tertiary/aromatic N) is 3. The zero-order valence-corrected chi connectivity index (χ0v) is 14.7. The lowest BCUT2D eigenvalue weighted by Gasteiger charge is -2.31. The largest absolute Gasteiger partial charge is 0.458 e. The second-order valence-corrected chi connectivity index (χ2v) is 6.47. The number of carbonyl (C=O) groups is 1. The SMILES string of the molecule is O=C(OCc1ccccc1)N1CCCC(Oc2ncc(Br)cn2)C1. The Morgan fingerprint density at radius 1 is 1.25 bits per heavy atom. The molecule has 2 heterocycles. The fourth-order valence-corrected chi connectivity index (χ4v) is 2.73. The van der Waals surface area contributed by atoms with Crippen LogP contribution in [0.1, 0.15) is 18.4 Å². The summed E-state index contributed by atoms with van der Waals surface area (Å²) in [5.41, 5.74) is 0.971. The van der Waals surface area contributed by atoms with E-state index in [1.54, 1.807) is 17.3 Å². The number of aromatic nitrogens is 2. The van der Waals surface area contributed by atoms with Gasteiger partial charge in [-0.25, -0.2) is 14.8 Å². The second-order valence-electron chi connectivity index (χ2n) is 5.55. The van der Waals surface area contributed by atoms with Crippen LogP contribution in [0.15, 0.2) is 47.2 Å². The molecule has 1 unspecified atom stereocenters. The van der Waals surface area contributed by atoms with Gasteiger partial charge in [0.15, 0.2) is 0 Å². The average Bonchev–Trinajstić information content (AvgIpc) is 2.63. The van der Waals surface area contributed by atoms with Gasteiger partial charge < -0.3 is 14.4 Å². The lowest BCUT2D eigenvalue weighted by atomic mass is 10.1. The molecule has 0 N–H and O–H groups in total. The predicted octanol–water partition coefficient (Wildman–Crippen LogP) is 3.42. The second kappa shape index (κ2) is 8.10. The molecule has 0 radical (unpaired) electrons. The number of amides is 1. The summed E-state index contributed by atoms with van der Waals surface area (Å²) in [6, 6.07) is 9.96. The third-order valence-electron chi connectivity index (χ3n) is 3.71. The summed E-state index contributed by atoms with van der Waals surface area (Å²) in [5, 5.41) is 0. The van der Waals surface area contributed by atoms with Crippen LogP contribution in [0, 0.1) is 0 Å². The molecule has 126 valence electrons. The van der Waals surface area contributed by atoms with Gasteiger partial charge in [0.2, 0.25) is 0 Å². The van der Waals surface area contributed by atoms with Gasteiger partial charge in [0.05, 0.1) is 11.0 Å². The minimum atomic E-state index is -0.316. The van der Waals surface area contributed by atoms with Crippen LogP contribution < -0.4 is 4.74 Å². The van der Waals surface area contributed by atoms with Gasteiger partial charge in [-0.15, -0.1) is 0 Å². The summed E-state index contributed by atoms with van der Waals surface area (Å²) in [6.07, 6.45) is 4.56. The van der Waals surface area contributed by atoms with Crippen molar-refractivity contribution < 1.29 is 14.3 Å². The molecule has 0 aliphatic carbocycles. The molecule has 0 bridgehead atoms. The van der Waals surface area contributed by atoms with E-state index in [1.807, 2.05) is 30.3 Å². The summed E-state index contributed by atoms with van der Waals surface area (Å²) >= 11 is 3.29. The molecule has 0 spiro atoms. The van der Waals surface area contributed by atoms with Gasteiger partial charge >= 0.3 is 12.1 Å². The van der Waals surface area contributed by atoms with Gasteiger partial charge in [0.25, 0.3) is 0 Å². The third-order valence-corrected chi connectivity index (χ3v) is 4.12. The standard InChI is InChI=1S/C17H18BrN3O3/c18-14-9-19-16(20-10-14)24-15-7-4-8-21(11-15)17(22)23-12-13-5-2-1-3-6-13/h1-3,5-6,9-10,15H,4,7-8,11-12H2. The Bertz CT molecular complexity index is 667. The molecule has 6 nitrogen and oxygen atoms in total. The van der Waals surface area contributed by atoms with Crippen LogP contribution in [-0.2, 0) is 11.3 Å². The molecular formula is C17H18BrN3O3. The molecule has 1 aromatic carbocycles. The Morgan fingerprint density at radius 3 is 2.75 bits per heavy atom. The van der Waals surface area contributed by atoms with E-state index in [2.05, 4.69) is 25.9 Å². The van der Waals surface area contributed by atoms with E-state index in [4.69, 9.17) is 9.47 Å². The molecule has 1 aliphatic heterocycles. The molecule has 1 aromatic heterocycles. The first-order valence-electron chi connectivity index (χ1n) is 7.80. The van der Waals surface area contributed by atoms with Gasteiger partial charge in [-0.2, -0.15) is 0 Å². The van der Waals surface area contributed by atoms with E-state index in [0.717, 1.165) is 22.9 Å². The maximum Gasteiger partial charge on any atom is 0.410 e. The number of benzene rings is 1. The highest BCUT2D eigenvalue weighted by Crippen LogP contribution is 2.17. The smallest absolute Gasteiger partial charge is 0.410 e. The Kier molecular flexibility index (Phi) is 5.63. The highest BCUT2D eigenvalue weighted by atomic mass is 79.9. The molecule has 1 amide bonds. The Hall–Kier alpha value is -2.15. The first kappa shape index (κ1) is 16.7. The van der Waals surface area contributed by atoms with Crippen LogP contribution in [0.3, 0.4) is 0 Å². The van der Waals surface area contributed by atoms with E-state index in [-0.39, 0.29) is 18.8 Å². The maximum absolute atomic E-state index is 12.2. The van der Waals surface area contributed by atoms with E-state index < -0.39 is 0 Å². The Labute approximate surface area is 148 Å². The minimum absolute atomic E-state index is 0.121. The van der Waals surface area contributed by atoms with E-state index in [0.29, 0.717) is 19.1 Å².